The average Bonchev–Trinajstić information content (AvgIpc) is 3.21. The Labute approximate surface area is 153 Å². The van der Waals surface area contributed by atoms with Crippen LogP contribution in [-0.2, 0) is 0 Å². The van der Waals surface area contributed by atoms with Gasteiger partial charge in [0.05, 0.1) is 25.1 Å². The van der Waals surface area contributed by atoms with E-state index >= 15 is 0 Å². The number of aromatic amines is 1. The average molecular weight is 370 g/mol. The van der Waals surface area contributed by atoms with E-state index in [0.29, 0.717) is 17.1 Å². The summed E-state index contributed by atoms with van der Waals surface area (Å²) in [4.78, 5) is 19.3. The van der Waals surface area contributed by atoms with Crippen molar-refractivity contribution < 1.29 is 9.47 Å². The number of aromatic nitrogens is 4. The molecule has 4 rings (SSSR count). The van der Waals surface area contributed by atoms with E-state index in [1.54, 1.807) is 20.4 Å². The van der Waals surface area contributed by atoms with Crippen molar-refractivity contribution in [2.75, 3.05) is 14.2 Å². The van der Waals surface area contributed by atoms with Crippen LogP contribution in [-0.4, -0.2) is 34.0 Å². The van der Waals surface area contributed by atoms with Gasteiger partial charge in [-0.1, -0.05) is 11.3 Å². The van der Waals surface area contributed by atoms with Crippen molar-refractivity contribution in [2.24, 2.45) is 0 Å². The zero-order valence-corrected chi connectivity index (χ0v) is 15.7. The number of ether oxygens (including phenoxy) is 2. The van der Waals surface area contributed by atoms with Crippen LogP contribution in [0.5, 0.6) is 11.5 Å². The van der Waals surface area contributed by atoms with Crippen LogP contribution >= 0.6 is 11.3 Å². The fourth-order valence-electron chi connectivity index (χ4n) is 3.09. The number of pyridine rings is 1. The Morgan fingerprint density at radius 1 is 1.23 bits per heavy atom. The van der Waals surface area contributed by atoms with Crippen LogP contribution in [0.4, 0.5) is 0 Å². The zero-order valence-electron chi connectivity index (χ0n) is 14.9. The minimum Gasteiger partial charge on any atom is -0.497 e. The highest BCUT2D eigenvalue weighted by molar-refractivity contribution is 7.17. The molecule has 1 aromatic carbocycles. The van der Waals surface area contributed by atoms with Gasteiger partial charge in [0.25, 0.3) is 0 Å². The van der Waals surface area contributed by atoms with E-state index in [2.05, 4.69) is 15.1 Å². The largest absolute Gasteiger partial charge is 0.497 e. The maximum Gasteiger partial charge on any atom is 0.306 e. The minimum absolute atomic E-state index is 0.141. The van der Waals surface area contributed by atoms with Crippen LogP contribution < -0.4 is 14.3 Å². The van der Waals surface area contributed by atoms with E-state index in [9.17, 15) is 4.79 Å². The first-order valence-electron chi connectivity index (χ1n) is 8.16. The van der Waals surface area contributed by atoms with E-state index in [1.807, 2.05) is 36.7 Å². The monoisotopic (exact) mass is 370 g/mol. The number of fused-ring (bicyclic) bond motifs is 2. The Bertz CT molecular complexity index is 1170. The summed E-state index contributed by atoms with van der Waals surface area (Å²) < 4.78 is 13.5. The molecular weight excluding hydrogens is 352 g/mol. The quantitative estimate of drug-likeness (QED) is 0.593. The van der Waals surface area contributed by atoms with Gasteiger partial charge in [0.1, 0.15) is 11.5 Å². The molecule has 8 heteroatoms. The first-order valence-corrected chi connectivity index (χ1v) is 8.97. The summed E-state index contributed by atoms with van der Waals surface area (Å²) in [6, 6.07) is 5.78. The maximum atomic E-state index is 12.0. The molecule has 0 saturated carbocycles. The number of nitrogens with one attached hydrogen (secondary N) is 1. The van der Waals surface area contributed by atoms with E-state index in [-0.39, 0.29) is 10.9 Å². The lowest BCUT2D eigenvalue weighted by Gasteiger charge is -2.13. The number of benzene rings is 1. The summed E-state index contributed by atoms with van der Waals surface area (Å²) in [5.74, 6) is 1.36. The standard InChI is InChI=1S/C18H18N4O3S/c1-9(2)22-17-12(8-19-22)14(15-16(20-17)21-18(23)26-15)11-6-5-10(24-3)7-13(11)25-4/h5-9H,1-4H3,(H,20,21,23). The fraction of sp³-hybridized carbons (Fsp3) is 0.278. The smallest absolute Gasteiger partial charge is 0.306 e. The van der Waals surface area contributed by atoms with Gasteiger partial charge < -0.3 is 9.47 Å². The van der Waals surface area contributed by atoms with Crippen molar-refractivity contribution >= 4 is 32.7 Å². The van der Waals surface area contributed by atoms with Gasteiger partial charge in [0, 0.05) is 28.6 Å². The van der Waals surface area contributed by atoms with E-state index in [0.717, 1.165) is 38.2 Å². The van der Waals surface area contributed by atoms with Gasteiger partial charge in [-0.2, -0.15) is 5.10 Å². The summed E-state index contributed by atoms with van der Waals surface area (Å²) in [6.07, 6.45) is 1.80. The van der Waals surface area contributed by atoms with Crippen LogP contribution in [0.1, 0.15) is 19.9 Å². The third-order valence-electron chi connectivity index (χ3n) is 4.28. The molecule has 0 aliphatic carbocycles. The molecule has 0 bridgehead atoms. The van der Waals surface area contributed by atoms with Crippen LogP contribution in [0.25, 0.3) is 32.5 Å². The summed E-state index contributed by atoms with van der Waals surface area (Å²) in [5, 5.41) is 5.38. The molecule has 134 valence electrons. The highest BCUT2D eigenvalue weighted by atomic mass is 32.1. The van der Waals surface area contributed by atoms with Crippen molar-refractivity contribution in [3.05, 3.63) is 34.1 Å². The molecular formula is C18H18N4O3S. The van der Waals surface area contributed by atoms with Gasteiger partial charge >= 0.3 is 4.87 Å². The summed E-state index contributed by atoms with van der Waals surface area (Å²) in [7, 11) is 3.23. The lowest BCUT2D eigenvalue weighted by Crippen LogP contribution is -2.03. The lowest BCUT2D eigenvalue weighted by atomic mass is 10.0. The number of hydrogen-bond donors (Lipinski definition) is 1. The molecule has 3 heterocycles. The SMILES string of the molecule is COc1ccc(-c2c3cnn(C(C)C)c3nc3[nH]c(=O)sc23)c(OC)c1. The second kappa shape index (κ2) is 6.14. The van der Waals surface area contributed by atoms with Crippen molar-refractivity contribution in [1.82, 2.24) is 19.7 Å². The molecule has 0 aliphatic heterocycles. The second-order valence-electron chi connectivity index (χ2n) is 6.17. The number of thiazole rings is 1. The van der Waals surface area contributed by atoms with E-state index in [4.69, 9.17) is 9.47 Å². The lowest BCUT2D eigenvalue weighted by molar-refractivity contribution is 0.395. The Kier molecular flexibility index (Phi) is 3.91. The first kappa shape index (κ1) is 16.6. The molecule has 0 radical (unpaired) electrons. The Balaban J connectivity index is 2.14. The molecule has 4 aromatic rings. The Morgan fingerprint density at radius 2 is 2.04 bits per heavy atom. The van der Waals surface area contributed by atoms with Crippen LogP contribution in [0.2, 0.25) is 0 Å². The van der Waals surface area contributed by atoms with Crippen LogP contribution in [0.15, 0.2) is 29.2 Å². The third-order valence-corrected chi connectivity index (χ3v) is 5.17. The molecule has 0 saturated heterocycles. The fourth-order valence-corrected chi connectivity index (χ4v) is 3.94. The zero-order chi connectivity index (χ0) is 18.4. The molecule has 0 unspecified atom stereocenters. The van der Waals surface area contributed by atoms with Gasteiger partial charge in [0.2, 0.25) is 0 Å². The van der Waals surface area contributed by atoms with Crippen molar-refractivity contribution in [2.45, 2.75) is 19.9 Å². The Morgan fingerprint density at radius 3 is 2.73 bits per heavy atom. The predicted octanol–water partition coefficient (Wildman–Crippen LogP) is 3.60. The molecule has 7 nitrogen and oxygen atoms in total. The molecule has 0 aliphatic rings. The molecule has 1 N–H and O–H groups in total. The summed E-state index contributed by atoms with van der Waals surface area (Å²) in [6.45, 7) is 4.09. The summed E-state index contributed by atoms with van der Waals surface area (Å²) in [5.41, 5.74) is 3.04. The van der Waals surface area contributed by atoms with Crippen molar-refractivity contribution in [1.29, 1.82) is 0 Å². The number of methoxy groups -OCH3 is 2. The topological polar surface area (TPSA) is 82.0 Å². The third kappa shape index (κ3) is 2.45. The minimum atomic E-state index is -0.141. The molecule has 0 fully saturated rings. The molecule has 0 atom stereocenters. The number of hydrogen-bond acceptors (Lipinski definition) is 6. The van der Waals surface area contributed by atoms with Gasteiger partial charge in [-0.15, -0.1) is 0 Å². The molecule has 3 aromatic heterocycles. The molecule has 26 heavy (non-hydrogen) atoms. The highest BCUT2D eigenvalue weighted by Gasteiger charge is 2.21. The normalized spacial score (nSPS) is 11.6. The van der Waals surface area contributed by atoms with E-state index < -0.39 is 0 Å². The van der Waals surface area contributed by atoms with E-state index in [1.165, 1.54) is 0 Å². The highest BCUT2D eigenvalue weighted by Crippen LogP contribution is 2.41. The maximum absolute atomic E-state index is 12.0. The van der Waals surface area contributed by atoms with Crippen LogP contribution in [0, 0.1) is 0 Å². The van der Waals surface area contributed by atoms with Gasteiger partial charge in [-0.25, -0.2) is 9.67 Å². The van der Waals surface area contributed by atoms with Crippen molar-refractivity contribution in [3.63, 3.8) is 0 Å². The summed E-state index contributed by atoms with van der Waals surface area (Å²) >= 11 is 1.14. The van der Waals surface area contributed by atoms with Crippen molar-refractivity contribution in [3.8, 4) is 22.6 Å². The number of H-pyrrole nitrogens is 1. The van der Waals surface area contributed by atoms with Gasteiger partial charge in [-0.05, 0) is 26.0 Å². The number of rotatable bonds is 4. The first-order chi connectivity index (χ1) is 12.5. The predicted molar refractivity (Wildman–Crippen MR) is 102 cm³/mol. The Hall–Kier alpha value is -2.87. The molecule has 0 spiro atoms. The van der Waals surface area contributed by atoms with Crippen LogP contribution in [0.3, 0.4) is 0 Å². The van der Waals surface area contributed by atoms with Gasteiger partial charge in [-0.3, -0.25) is 9.78 Å². The second-order valence-corrected chi connectivity index (χ2v) is 7.15. The number of nitrogens with zero attached hydrogens (tertiary/aromatic N) is 3. The van der Waals surface area contributed by atoms with Gasteiger partial charge in [0.15, 0.2) is 11.3 Å². The molecule has 0 amide bonds.